The van der Waals surface area contributed by atoms with Crippen molar-refractivity contribution in [2.45, 2.75) is 92.1 Å². The molecule has 26 heavy (non-hydrogen) atoms. The Morgan fingerprint density at radius 3 is 1.38 bits per heavy atom. The van der Waals surface area contributed by atoms with Crippen molar-refractivity contribution < 1.29 is 33.3 Å². The summed E-state index contributed by atoms with van der Waals surface area (Å²) >= 11 is 0. The van der Waals surface area contributed by atoms with E-state index in [9.17, 15) is 14.4 Å². The molecule has 0 saturated heterocycles. The molecule has 8 heteroatoms. The number of carbonyl (C=O) groups excluding carboxylic acids is 3. The van der Waals surface area contributed by atoms with Crippen molar-refractivity contribution in [3.05, 3.63) is 0 Å². The van der Waals surface area contributed by atoms with Crippen LogP contribution in [0.2, 0.25) is 0 Å². The van der Waals surface area contributed by atoms with Crippen LogP contribution in [0.25, 0.3) is 0 Å². The highest BCUT2D eigenvalue weighted by Gasteiger charge is 2.33. The maximum Gasteiger partial charge on any atom is 0.509 e. The number of ether oxygens (including phenoxy) is 4. The average molecular weight is 375 g/mol. The van der Waals surface area contributed by atoms with E-state index in [0.717, 1.165) is 4.90 Å². The zero-order chi connectivity index (χ0) is 20.9. The van der Waals surface area contributed by atoms with Crippen LogP contribution in [0.3, 0.4) is 0 Å². The van der Waals surface area contributed by atoms with E-state index in [1.165, 1.54) is 6.92 Å². The van der Waals surface area contributed by atoms with E-state index >= 15 is 0 Å². The molecule has 0 aromatic heterocycles. The summed E-state index contributed by atoms with van der Waals surface area (Å²) in [6.45, 7) is 16.5. The fraction of sp³-hybridized carbons (Fsp3) is 0.833. The van der Waals surface area contributed by atoms with Gasteiger partial charge in [-0.05, 0) is 69.2 Å². The molecular weight excluding hydrogens is 342 g/mol. The molecule has 0 aromatic carbocycles. The molecule has 0 N–H and O–H groups in total. The van der Waals surface area contributed by atoms with Crippen LogP contribution >= 0.6 is 0 Å². The van der Waals surface area contributed by atoms with E-state index in [-0.39, 0.29) is 6.54 Å². The van der Waals surface area contributed by atoms with Gasteiger partial charge in [-0.1, -0.05) is 0 Å². The summed E-state index contributed by atoms with van der Waals surface area (Å²) in [6, 6.07) is 0. The van der Waals surface area contributed by atoms with Crippen molar-refractivity contribution in [3.63, 3.8) is 0 Å². The first-order valence-electron chi connectivity index (χ1n) is 8.53. The Bertz CT molecular complexity index is 481. The molecule has 0 fully saturated rings. The van der Waals surface area contributed by atoms with Crippen LogP contribution in [0.4, 0.5) is 14.4 Å². The largest absolute Gasteiger partial charge is 0.509 e. The fourth-order valence-corrected chi connectivity index (χ4v) is 1.59. The lowest BCUT2D eigenvalue weighted by atomic mass is 10.2. The molecule has 0 saturated carbocycles. The van der Waals surface area contributed by atoms with Crippen LogP contribution in [-0.2, 0) is 18.9 Å². The van der Waals surface area contributed by atoms with Gasteiger partial charge in [0.05, 0.1) is 6.54 Å². The Hall–Kier alpha value is -1.99. The number of carbonyl (C=O) groups is 3. The first-order valence-corrected chi connectivity index (χ1v) is 8.53. The number of amides is 2. The predicted octanol–water partition coefficient (Wildman–Crippen LogP) is 4.50. The molecule has 0 aliphatic heterocycles. The number of hydrogen-bond donors (Lipinski definition) is 0. The molecule has 0 aromatic rings. The Labute approximate surface area is 156 Å². The quantitative estimate of drug-likeness (QED) is 0.530. The molecule has 0 heterocycles. The van der Waals surface area contributed by atoms with E-state index in [2.05, 4.69) is 0 Å². The standard InChI is InChI=1S/C18H33NO7/c1-12(23-15(22)26-18(8,9)10)11-19(13(20)24-16(2,3)4)14(21)25-17(5,6)7/h12H,11H2,1-10H3. The normalized spacial score (nSPS) is 13.5. The van der Waals surface area contributed by atoms with Crippen LogP contribution in [0.15, 0.2) is 0 Å². The van der Waals surface area contributed by atoms with Crippen molar-refractivity contribution in [1.29, 1.82) is 0 Å². The summed E-state index contributed by atoms with van der Waals surface area (Å²) in [5.41, 5.74) is -2.31. The minimum Gasteiger partial charge on any atom is -0.443 e. The second kappa shape index (κ2) is 8.60. The highest BCUT2D eigenvalue weighted by molar-refractivity contribution is 5.88. The zero-order valence-electron chi connectivity index (χ0n) is 17.6. The van der Waals surface area contributed by atoms with Gasteiger partial charge in [0.1, 0.15) is 22.9 Å². The van der Waals surface area contributed by atoms with Gasteiger partial charge in [-0.3, -0.25) is 0 Å². The minimum absolute atomic E-state index is 0.233. The molecule has 0 rings (SSSR count). The van der Waals surface area contributed by atoms with Gasteiger partial charge in [-0.25, -0.2) is 19.3 Å². The Morgan fingerprint density at radius 1 is 0.731 bits per heavy atom. The highest BCUT2D eigenvalue weighted by atomic mass is 16.7. The van der Waals surface area contributed by atoms with E-state index in [1.54, 1.807) is 62.3 Å². The SMILES string of the molecule is CC(CN(C(=O)OC(C)(C)C)C(=O)OC(C)(C)C)OC(=O)OC(C)(C)C. The monoisotopic (exact) mass is 375 g/mol. The maximum absolute atomic E-state index is 12.4. The van der Waals surface area contributed by atoms with Crippen LogP contribution in [-0.4, -0.2) is 52.7 Å². The molecule has 1 unspecified atom stereocenters. The summed E-state index contributed by atoms with van der Waals surface area (Å²) in [7, 11) is 0. The second-order valence-corrected chi connectivity index (χ2v) is 8.96. The molecular formula is C18H33NO7. The maximum atomic E-state index is 12.4. The van der Waals surface area contributed by atoms with Gasteiger partial charge < -0.3 is 18.9 Å². The Balaban J connectivity index is 5.13. The van der Waals surface area contributed by atoms with Gasteiger partial charge in [0.25, 0.3) is 0 Å². The highest BCUT2D eigenvalue weighted by Crippen LogP contribution is 2.16. The molecule has 0 aliphatic rings. The van der Waals surface area contributed by atoms with E-state index in [4.69, 9.17) is 18.9 Å². The molecule has 0 spiro atoms. The molecule has 0 aliphatic carbocycles. The van der Waals surface area contributed by atoms with Crippen molar-refractivity contribution in [1.82, 2.24) is 4.90 Å². The van der Waals surface area contributed by atoms with Crippen LogP contribution in [0, 0.1) is 0 Å². The van der Waals surface area contributed by atoms with Crippen molar-refractivity contribution in [2.75, 3.05) is 6.54 Å². The third kappa shape index (κ3) is 11.5. The topological polar surface area (TPSA) is 91.4 Å². The van der Waals surface area contributed by atoms with Gasteiger partial charge in [0, 0.05) is 0 Å². The van der Waals surface area contributed by atoms with Crippen LogP contribution in [0.1, 0.15) is 69.2 Å². The number of rotatable bonds is 3. The van der Waals surface area contributed by atoms with Crippen molar-refractivity contribution in [3.8, 4) is 0 Å². The van der Waals surface area contributed by atoms with E-state index in [1.807, 2.05) is 0 Å². The predicted molar refractivity (Wildman–Crippen MR) is 96.0 cm³/mol. The van der Waals surface area contributed by atoms with E-state index < -0.39 is 41.2 Å². The Morgan fingerprint density at radius 2 is 1.08 bits per heavy atom. The summed E-state index contributed by atoms with van der Waals surface area (Å²) in [5, 5.41) is 0. The van der Waals surface area contributed by atoms with Gasteiger partial charge >= 0.3 is 18.3 Å². The number of hydrogen-bond acceptors (Lipinski definition) is 7. The fourth-order valence-electron chi connectivity index (χ4n) is 1.59. The molecule has 152 valence electrons. The molecule has 8 nitrogen and oxygen atoms in total. The smallest absolute Gasteiger partial charge is 0.443 e. The lowest BCUT2D eigenvalue weighted by molar-refractivity contribution is -0.0370. The third-order valence-electron chi connectivity index (χ3n) is 2.35. The number of imide groups is 1. The minimum atomic E-state index is -0.890. The molecule has 1 atom stereocenters. The summed E-state index contributed by atoms with van der Waals surface area (Å²) in [4.78, 5) is 37.3. The molecule has 0 bridgehead atoms. The summed E-state index contributed by atoms with van der Waals surface area (Å²) in [5.74, 6) is 0. The van der Waals surface area contributed by atoms with Gasteiger partial charge in [0.2, 0.25) is 0 Å². The lowest BCUT2D eigenvalue weighted by Crippen LogP contribution is -2.47. The molecule has 0 radical (unpaired) electrons. The van der Waals surface area contributed by atoms with Crippen molar-refractivity contribution >= 4 is 18.3 Å². The first-order chi connectivity index (χ1) is 11.4. The second-order valence-electron chi connectivity index (χ2n) is 8.96. The summed E-state index contributed by atoms with van der Waals surface area (Å²) in [6.07, 6.45) is -3.47. The first kappa shape index (κ1) is 24.0. The van der Waals surface area contributed by atoms with E-state index in [0.29, 0.717) is 0 Å². The molecule has 2 amide bonds. The summed E-state index contributed by atoms with van der Waals surface area (Å²) < 4.78 is 20.6. The van der Waals surface area contributed by atoms with Crippen molar-refractivity contribution in [2.24, 2.45) is 0 Å². The van der Waals surface area contributed by atoms with Crippen LogP contribution < -0.4 is 0 Å². The van der Waals surface area contributed by atoms with Crippen LogP contribution in [0.5, 0.6) is 0 Å². The Kier molecular flexibility index (Phi) is 7.94. The average Bonchev–Trinajstić information content (AvgIpc) is 2.28. The number of nitrogens with zero attached hydrogens (tertiary/aromatic N) is 1. The van der Waals surface area contributed by atoms with Gasteiger partial charge in [0.15, 0.2) is 0 Å². The lowest BCUT2D eigenvalue weighted by Gasteiger charge is -2.30. The zero-order valence-corrected chi connectivity index (χ0v) is 17.6. The van der Waals surface area contributed by atoms with Gasteiger partial charge in [-0.15, -0.1) is 0 Å². The van der Waals surface area contributed by atoms with Gasteiger partial charge in [-0.2, -0.15) is 0 Å². The third-order valence-corrected chi connectivity index (χ3v) is 2.35.